The zero-order chi connectivity index (χ0) is 15.4. The summed E-state index contributed by atoms with van der Waals surface area (Å²) in [6.45, 7) is 6.24. The lowest BCUT2D eigenvalue weighted by Gasteiger charge is -2.31. The van der Waals surface area contributed by atoms with Gasteiger partial charge < -0.3 is 11.1 Å². The number of hydrogen-bond acceptors (Lipinski definition) is 2. The molecule has 0 spiro atoms. The normalized spacial score (nSPS) is 11.3. The van der Waals surface area contributed by atoms with Crippen molar-refractivity contribution >= 4 is 23.1 Å². The molecule has 0 aromatic heterocycles. The Morgan fingerprint density at radius 3 is 1.95 bits per heavy atom. The third kappa shape index (κ3) is 7.22. The van der Waals surface area contributed by atoms with Crippen LogP contribution in [-0.4, -0.2) is 16.4 Å². The maximum absolute atomic E-state index is 12.0. The molecule has 0 aromatic carbocycles. The van der Waals surface area contributed by atoms with Gasteiger partial charge in [-0.25, -0.2) is 0 Å². The van der Waals surface area contributed by atoms with Crippen LogP contribution in [0, 0.1) is 0 Å². The molecule has 1 amide bonds. The molecule has 3 nitrogen and oxygen atoms in total. The van der Waals surface area contributed by atoms with E-state index in [0.717, 1.165) is 25.7 Å². The van der Waals surface area contributed by atoms with Gasteiger partial charge in [0, 0.05) is 6.42 Å². The van der Waals surface area contributed by atoms with E-state index in [4.69, 9.17) is 18.0 Å². The summed E-state index contributed by atoms with van der Waals surface area (Å²) in [5, 5.41) is 3.04. The van der Waals surface area contributed by atoms with Gasteiger partial charge in [0.1, 0.15) is 0 Å². The van der Waals surface area contributed by atoms with E-state index in [9.17, 15) is 4.79 Å². The zero-order valence-corrected chi connectivity index (χ0v) is 14.3. The highest BCUT2D eigenvalue weighted by Gasteiger charge is 2.30. The number of thiocarbonyl (C=S) groups is 1. The zero-order valence-electron chi connectivity index (χ0n) is 13.5. The van der Waals surface area contributed by atoms with Crippen LogP contribution in [-0.2, 0) is 4.79 Å². The van der Waals surface area contributed by atoms with Crippen molar-refractivity contribution in [3.63, 3.8) is 0 Å². The predicted molar refractivity (Wildman–Crippen MR) is 90.9 cm³/mol. The number of amides is 1. The summed E-state index contributed by atoms with van der Waals surface area (Å²) >= 11 is 5.10. The van der Waals surface area contributed by atoms with E-state index >= 15 is 0 Å². The first-order valence-electron chi connectivity index (χ1n) is 8.13. The highest BCUT2D eigenvalue weighted by atomic mass is 32.1. The Labute approximate surface area is 130 Å². The average molecular weight is 301 g/mol. The SMILES string of the molecule is CCCCCCCCCC(=O)NC(CC)(CC)C(N)=S. The van der Waals surface area contributed by atoms with E-state index in [1.165, 1.54) is 32.1 Å². The molecule has 118 valence electrons. The van der Waals surface area contributed by atoms with Gasteiger partial charge in [0.15, 0.2) is 0 Å². The molecule has 0 radical (unpaired) electrons. The van der Waals surface area contributed by atoms with Crippen LogP contribution in [0.5, 0.6) is 0 Å². The Morgan fingerprint density at radius 2 is 1.50 bits per heavy atom. The van der Waals surface area contributed by atoms with E-state index in [2.05, 4.69) is 12.2 Å². The fourth-order valence-corrected chi connectivity index (χ4v) is 2.75. The second-order valence-corrected chi connectivity index (χ2v) is 6.01. The molecular formula is C16H32N2OS. The van der Waals surface area contributed by atoms with E-state index in [1.54, 1.807) is 0 Å². The third-order valence-corrected chi connectivity index (χ3v) is 4.46. The van der Waals surface area contributed by atoms with E-state index < -0.39 is 5.54 Å². The predicted octanol–water partition coefficient (Wildman–Crippen LogP) is 4.09. The first-order valence-corrected chi connectivity index (χ1v) is 8.54. The summed E-state index contributed by atoms with van der Waals surface area (Å²) in [5.74, 6) is 0.0788. The van der Waals surface area contributed by atoms with Crippen LogP contribution < -0.4 is 11.1 Å². The van der Waals surface area contributed by atoms with Crippen LogP contribution in [0.1, 0.15) is 85.0 Å². The lowest BCUT2D eigenvalue weighted by Crippen LogP contribution is -2.55. The molecule has 20 heavy (non-hydrogen) atoms. The number of rotatable bonds is 12. The lowest BCUT2D eigenvalue weighted by molar-refractivity contribution is -0.122. The monoisotopic (exact) mass is 300 g/mol. The Balaban J connectivity index is 3.89. The molecule has 0 aromatic rings. The minimum atomic E-state index is -0.493. The molecule has 0 saturated carbocycles. The molecule has 0 aliphatic carbocycles. The fourth-order valence-electron chi connectivity index (χ4n) is 2.41. The first kappa shape index (κ1) is 19.4. The minimum absolute atomic E-state index is 0.0788. The molecule has 3 N–H and O–H groups in total. The molecule has 0 unspecified atom stereocenters. The summed E-state index contributed by atoms with van der Waals surface area (Å²) in [6, 6.07) is 0. The van der Waals surface area contributed by atoms with Gasteiger partial charge in [0.25, 0.3) is 0 Å². The fraction of sp³-hybridized carbons (Fsp3) is 0.875. The maximum atomic E-state index is 12.0. The second-order valence-electron chi connectivity index (χ2n) is 5.57. The third-order valence-electron chi connectivity index (χ3n) is 4.06. The van der Waals surface area contributed by atoms with Crippen LogP contribution in [0.2, 0.25) is 0 Å². The van der Waals surface area contributed by atoms with Gasteiger partial charge in [0.05, 0.1) is 10.5 Å². The lowest BCUT2D eigenvalue weighted by atomic mass is 9.92. The summed E-state index contributed by atoms with van der Waals surface area (Å²) in [6.07, 6.45) is 10.6. The van der Waals surface area contributed by atoms with Gasteiger partial charge in [-0.05, 0) is 19.3 Å². The number of nitrogens with two attached hydrogens (primary N) is 1. The average Bonchev–Trinajstić information content (AvgIpc) is 2.43. The minimum Gasteiger partial charge on any atom is -0.391 e. The Kier molecular flexibility index (Phi) is 10.7. The van der Waals surface area contributed by atoms with Crippen LogP contribution >= 0.6 is 12.2 Å². The molecule has 0 aliphatic rings. The van der Waals surface area contributed by atoms with Gasteiger partial charge >= 0.3 is 0 Å². The molecule has 0 bridgehead atoms. The van der Waals surface area contributed by atoms with Crippen LogP contribution in [0.25, 0.3) is 0 Å². The van der Waals surface area contributed by atoms with Crippen molar-refractivity contribution in [3.8, 4) is 0 Å². The van der Waals surface area contributed by atoms with E-state index in [-0.39, 0.29) is 5.91 Å². The highest BCUT2D eigenvalue weighted by molar-refractivity contribution is 7.80. The Morgan fingerprint density at radius 1 is 1.00 bits per heavy atom. The molecule has 4 heteroatoms. The van der Waals surface area contributed by atoms with Crippen LogP contribution in [0.15, 0.2) is 0 Å². The van der Waals surface area contributed by atoms with Crippen molar-refractivity contribution in [1.82, 2.24) is 5.32 Å². The standard InChI is InChI=1S/C16H32N2OS/c1-4-7-8-9-10-11-12-13-14(19)18-16(5-2,6-3)15(17)20/h4-13H2,1-3H3,(H2,17,20)(H,18,19). The molecule has 0 atom stereocenters. The van der Waals surface area contributed by atoms with Gasteiger partial charge in [-0.15, -0.1) is 0 Å². The van der Waals surface area contributed by atoms with Gasteiger partial charge in [0.2, 0.25) is 5.91 Å². The Hall–Kier alpha value is -0.640. The summed E-state index contributed by atoms with van der Waals surface area (Å²) < 4.78 is 0. The van der Waals surface area contributed by atoms with Gasteiger partial charge in [-0.1, -0.05) is 71.5 Å². The smallest absolute Gasteiger partial charge is 0.220 e. The Bertz CT molecular complexity index is 288. The van der Waals surface area contributed by atoms with Crippen molar-refractivity contribution in [1.29, 1.82) is 0 Å². The highest BCUT2D eigenvalue weighted by Crippen LogP contribution is 2.16. The molecule has 0 rings (SSSR count). The van der Waals surface area contributed by atoms with Crippen LogP contribution in [0.3, 0.4) is 0 Å². The topological polar surface area (TPSA) is 55.1 Å². The number of nitrogens with one attached hydrogen (secondary N) is 1. The van der Waals surface area contributed by atoms with Crippen molar-refractivity contribution in [2.45, 2.75) is 90.5 Å². The number of carbonyl (C=O) groups excluding carboxylic acids is 1. The van der Waals surface area contributed by atoms with Crippen molar-refractivity contribution in [2.75, 3.05) is 0 Å². The number of unbranched alkanes of at least 4 members (excludes halogenated alkanes) is 6. The van der Waals surface area contributed by atoms with Crippen molar-refractivity contribution in [3.05, 3.63) is 0 Å². The summed E-state index contributed by atoms with van der Waals surface area (Å²) in [4.78, 5) is 12.4. The van der Waals surface area contributed by atoms with Gasteiger partial charge in [-0.2, -0.15) is 0 Å². The summed E-state index contributed by atoms with van der Waals surface area (Å²) in [5.41, 5.74) is 5.29. The quantitative estimate of drug-likeness (QED) is 0.421. The maximum Gasteiger partial charge on any atom is 0.220 e. The van der Waals surface area contributed by atoms with Crippen molar-refractivity contribution in [2.24, 2.45) is 5.73 Å². The molecular weight excluding hydrogens is 268 g/mol. The molecule has 0 heterocycles. The van der Waals surface area contributed by atoms with E-state index in [0.29, 0.717) is 11.4 Å². The van der Waals surface area contributed by atoms with Crippen LogP contribution in [0.4, 0.5) is 0 Å². The number of hydrogen-bond donors (Lipinski definition) is 2. The molecule has 0 fully saturated rings. The largest absolute Gasteiger partial charge is 0.391 e. The number of carbonyl (C=O) groups is 1. The molecule has 0 saturated heterocycles. The van der Waals surface area contributed by atoms with E-state index in [1.807, 2.05) is 13.8 Å². The summed E-state index contributed by atoms with van der Waals surface area (Å²) in [7, 11) is 0. The van der Waals surface area contributed by atoms with Crippen molar-refractivity contribution < 1.29 is 4.79 Å². The second kappa shape index (κ2) is 11.1. The first-order chi connectivity index (χ1) is 9.52. The van der Waals surface area contributed by atoms with Gasteiger partial charge in [-0.3, -0.25) is 4.79 Å². The molecule has 0 aliphatic heterocycles.